The average Bonchev–Trinajstić information content (AvgIpc) is 2.71. The Bertz CT molecular complexity index is 525. The van der Waals surface area contributed by atoms with Crippen LogP contribution in [-0.2, 0) is 0 Å². The van der Waals surface area contributed by atoms with Crippen molar-refractivity contribution >= 4 is 28.1 Å². The Hall–Kier alpha value is -1.07. The van der Waals surface area contributed by atoms with Gasteiger partial charge in [0.15, 0.2) is 4.34 Å². The van der Waals surface area contributed by atoms with E-state index in [4.69, 9.17) is 5.73 Å². The van der Waals surface area contributed by atoms with Crippen molar-refractivity contribution in [2.75, 3.05) is 11.5 Å². The minimum Gasteiger partial charge on any atom is -0.389 e. The summed E-state index contributed by atoms with van der Waals surface area (Å²) < 4.78 is 14.6. The quantitative estimate of drug-likeness (QED) is 0.651. The molecule has 96 valence electrons. The molecule has 0 amide bonds. The minimum atomic E-state index is -0.278. The number of thioether (sulfide) groups is 1. The molecular formula is C13H15FN2S2. The maximum atomic E-state index is 13.7. The van der Waals surface area contributed by atoms with E-state index in [2.05, 4.69) is 11.9 Å². The summed E-state index contributed by atoms with van der Waals surface area (Å²) >= 11 is 3.12. The van der Waals surface area contributed by atoms with Gasteiger partial charge in [-0.2, -0.15) is 0 Å². The molecule has 0 atom stereocenters. The molecule has 2 aromatic rings. The van der Waals surface area contributed by atoms with E-state index < -0.39 is 0 Å². The number of unbranched alkanes of at least 4 members (excludes halogenated alkanes) is 1. The summed E-state index contributed by atoms with van der Waals surface area (Å²) in [6, 6.07) is 6.60. The van der Waals surface area contributed by atoms with E-state index in [9.17, 15) is 4.39 Å². The second kappa shape index (κ2) is 6.20. The van der Waals surface area contributed by atoms with Gasteiger partial charge in [-0.25, -0.2) is 9.37 Å². The second-order valence-electron chi connectivity index (χ2n) is 3.87. The SMILES string of the molecule is CCCCSc1nc(-c2ccccc2F)c(N)s1. The van der Waals surface area contributed by atoms with Crippen LogP contribution in [0.3, 0.4) is 0 Å². The van der Waals surface area contributed by atoms with Crippen molar-refractivity contribution < 1.29 is 4.39 Å². The van der Waals surface area contributed by atoms with Gasteiger partial charge in [0, 0.05) is 11.3 Å². The molecule has 1 heterocycles. The summed E-state index contributed by atoms with van der Waals surface area (Å²) in [5, 5.41) is 0.582. The standard InChI is InChI=1S/C13H15FN2S2/c1-2-3-8-17-13-16-11(12(15)18-13)9-6-4-5-7-10(9)14/h4-7H,2-3,8,15H2,1H3. The second-order valence-corrected chi connectivity index (χ2v) is 6.25. The van der Waals surface area contributed by atoms with E-state index in [1.807, 2.05) is 0 Å². The monoisotopic (exact) mass is 282 g/mol. The highest BCUT2D eigenvalue weighted by atomic mass is 32.2. The minimum absolute atomic E-state index is 0.278. The molecule has 0 aliphatic heterocycles. The smallest absolute Gasteiger partial charge is 0.152 e. The molecule has 0 aliphatic rings. The Morgan fingerprint density at radius 1 is 1.39 bits per heavy atom. The summed E-state index contributed by atoms with van der Waals surface area (Å²) in [4.78, 5) is 4.43. The molecule has 0 unspecified atom stereocenters. The number of aromatic nitrogens is 1. The van der Waals surface area contributed by atoms with Crippen molar-refractivity contribution in [3.63, 3.8) is 0 Å². The van der Waals surface area contributed by atoms with E-state index in [0.717, 1.165) is 22.9 Å². The van der Waals surface area contributed by atoms with Gasteiger partial charge in [-0.05, 0) is 18.6 Å². The van der Waals surface area contributed by atoms with Gasteiger partial charge in [0.05, 0.1) is 0 Å². The molecule has 0 aliphatic carbocycles. The van der Waals surface area contributed by atoms with E-state index in [-0.39, 0.29) is 5.82 Å². The molecule has 0 radical (unpaired) electrons. The van der Waals surface area contributed by atoms with Crippen LogP contribution >= 0.6 is 23.1 Å². The van der Waals surface area contributed by atoms with E-state index in [1.165, 1.54) is 17.4 Å². The number of nitrogens with two attached hydrogens (primary N) is 1. The van der Waals surface area contributed by atoms with Gasteiger partial charge in [-0.3, -0.25) is 0 Å². The van der Waals surface area contributed by atoms with Crippen LogP contribution in [-0.4, -0.2) is 10.7 Å². The van der Waals surface area contributed by atoms with Crippen LogP contribution in [0.4, 0.5) is 9.39 Å². The first kappa shape index (κ1) is 13.4. The highest BCUT2D eigenvalue weighted by molar-refractivity contribution is 8.01. The first-order chi connectivity index (χ1) is 8.72. The largest absolute Gasteiger partial charge is 0.389 e. The van der Waals surface area contributed by atoms with Crippen LogP contribution in [0.25, 0.3) is 11.3 Å². The Morgan fingerprint density at radius 2 is 2.17 bits per heavy atom. The first-order valence-corrected chi connectivity index (χ1v) is 7.66. The maximum Gasteiger partial charge on any atom is 0.152 e. The zero-order valence-corrected chi connectivity index (χ0v) is 11.8. The average molecular weight is 282 g/mol. The van der Waals surface area contributed by atoms with Gasteiger partial charge >= 0.3 is 0 Å². The van der Waals surface area contributed by atoms with E-state index in [0.29, 0.717) is 16.3 Å². The Kier molecular flexibility index (Phi) is 4.60. The highest BCUT2D eigenvalue weighted by Gasteiger charge is 2.13. The third-order valence-corrected chi connectivity index (χ3v) is 4.60. The molecule has 1 aromatic heterocycles. The number of rotatable bonds is 5. The number of halogens is 1. The summed E-state index contributed by atoms with van der Waals surface area (Å²) in [5.74, 6) is 0.750. The number of hydrogen-bond acceptors (Lipinski definition) is 4. The van der Waals surface area contributed by atoms with Crippen LogP contribution < -0.4 is 5.73 Å². The van der Waals surface area contributed by atoms with Crippen molar-refractivity contribution in [1.29, 1.82) is 0 Å². The molecule has 0 bridgehead atoms. The molecule has 5 heteroatoms. The number of nitrogens with zero attached hydrogens (tertiary/aromatic N) is 1. The molecule has 2 rings (SSSR count). The first-order valence-electron chi connectivity index (χ1n) is 5.86. The molecule has 2 N–H and O–H groups in total. The van der Waals surface area contributed by atoms with Crippen LogP contribution in [0.2, 0.25) is 0 Å². The number of nitrogen functional groups attached to an aromatic ring is 1. The topological polar surface area (TPSA) is 38.9 Å². The van der Waals surface area contributed by atoms with Gasteiger partial charge in [0.2, 0.25) is 0 Å². The molecule has 0 spiro atoms. The van der Waals surface area contributed by atoms with Gasteiger partial charge < -0.3 is 5.73 Å². The third-order valence-electron chi connectivity index (χ3n) is 2.49. The molecule has 0 fully saturated rings. The molecule has 18 heavy (non-hydrogen) atoms. The summed E-state index contributed by atoms with van der Waals surface area (Å²) in [6.07, 6.45) is 2.31. The highest BCUT2D eigenvalue weighted by Crippen LogP contribution is 2.36. The number of thiazole rings is 1. The zero-order valence-electron chi connectivity index (χ0n) is 10.1. The fraction of sp³-hybridized carbons (Fsp3) is 0.308. The lowest BCUT2D eigenvalue weighted by Crippen LogP contribution is -1.89. The number of anilines is 1. The van der Waals surface area contributed by atoms with Crippen LogP contribution in [0.5, 0.6) is 0 Å². The lowest BCUT2D eigenvalue weighted by Gasteiger charge is -1.99. The Labute approximate surface area is 114 Å². The Balaban J connectivity index is 2.22. The van der Waals surface area contributed by atoms with Crippen molar-refractivity contribution in [3.05, 3.63) is 30.1 Å². The molecule has 1 aromatic carbocycles. The number of hydrogen-bond donors (Lipinski definition) is 1. The van der Waals surface area contributed by atoms with Gasteiger partial charge in [-0.1, -0.05) is 48.6 Å². The van der Waals surface area contributed by atoms with Crippen molar-refractivity contribution in [2.24, 2.45) is 0 Å². The molecule has 2 nitrogen and oxygen atoms in total. The maximum absolute atomic E-state index is 13.7. The molecular weight excluding hydrogens is 267 g/mol. The van der Waals surface area contributed by atoms with Crippen molar-refractivity contribution in [3.8, 4) is 11.3 Å². The van der Waals surface area contributed by atoms with Crippen molar-refractivity contribution in [1.82, 2.24) is 4.98 Å². The predicted molar refractivity (Wildman–Crippen MR) is 77.6 cm³/mol. The van der Waals surface area contributed by atoms with Crippen LogP contribution in [0.15, 0.2) is 28.6 Å². The fourth-order valence-electron chi connectivity index (χ4n) is 1.52. The molecule has 0 saturated heterocycles. The fourth-order valence-corrected chi connectivity index (χ4v) is 3.62. The normalized spacial score (nSPS) is 10.8. The summed E-state index contributed by atoms with van der Waals surface area (Å²) in [6.45, 7) is 2.15. The predicted octanol–water partition coefficient (Wildman–Crippen LogP) is 4.42. The summed E-state index contributed by atoms with van der Waals surface area (Å²) in [7, 11) is 0. The lowest BCUT2D eigenvalue weighted by molar-refractivity contribution is 0.631. The van der Waals surface area contributed by atoms with Gasteiger partial charge in [0.25, 0.3) is 0 Å². The van der Waals surface area contributed by atoms with E-state index in [1.54, 1.807) is 30.0 Å². The Morgan fingerprint density at radius 3 is 2.89 bits per heavy atom. The lowest BCUT2D eigenvalue weighted by atomic mass is 10.1. The van der Waals surface area contributed by atoms with Crippen molar-refractivity contribution in [2.45, 2.75) is 24.1 Å². The zero-order chi connectivity index (χ0) is 13.0. The van der Waals surface area contributed by atoms with Gasteiger partial charge in [0.1, 0.15) is 16.5 Å². The van der Waals surface area contributed by atoms with Crippen LogP contribution in [0.1, 0.15) is 19.8 Å². The van der Waals surface area contributed by atoms with E-state index >= 15 is 0 Å². The molecule has 0 saturated carbocycles. The number of benzene rings is 1. The third kappa shape index (κ3) is 3.03. The van der Waals surface area contributed by atoms with Gasteiger partial charge in [-0.15, -0.1) is 0 Å². The summed E-state index contributed by atoms with van der Waals surface area (Å²) in [5.41, 5.74) is 6.97. The van der Waals surface area contributed by atoms with Crippen LogP contribution in [0, 0.1) is 5.82 Å².